The molecule has 1 saturated heterocycles. The molecule has 0 unspecified atom stereocenters. The van der Waals surface area contributed by atoms with Crippen LogP contribution >= 0.6 is 0 Å². The highest BCUT2D eigenvalue weighted by molar-refractivity contribution is 5.92. The number of likely N-dealkylation sites (tertiary alicyclic amines) is 1. The van der Waals surface area contributed by atoms with Crippen LogP contribution < -0.4 is 5.32 Å². The van der Waals surface area contributed by atoms with Crippen molar-refractivity contribution >= 4 is 11.9 Å². The summed E-state index contributed by atoms with van der Waals surface area (Å²) in [4.78, 5) is 28.3. The first kappa shape index (κ1) is 24.4. The van der Waals surface area contributed by atoms with Gasteiger partial charge >= 0.3 is 12.1 Å². The summed E-state index contributed by atoms with van der Waals surface area (Å²) in [6.45, 7) is 4.60. The maximum atomic E-state index is 12.7. The van der Waals surface area contributed by atoms with E-state index < -0.39 is 12.1 Å². The molecule has 1 fully saturated rings. The van der Waals surface area contributed by atoms with Gasteiger partial charge < -0.3 is 14.9 Å². The Kier molecular flexibility index (Phi) is 6.88. The molecule has 1 amide bonds. The SMILES string of the molecule is Cc1cc(C(=O)N[C@@H]2c3ccccc3[C@@H]3CN(Cc4cccnc4)C[C@H]23)no1.O=C(O)C(F)(F)F. The number of rotatable bonds is 4. The minimum Gasteiger partial charge on any atom is -0.475 e. The maximum absolute atomic E-state index is 12.7. The van der Waals surface area contributed by atoms with Gasteiger partial charge in [-0.3, -0.25) is 14.7 Å². The minimum atomic E-state index is -5.08. The summed E-state index contributed by atoms with van der Waals surface area (Å²) in [5.41, 5.74) is 4.13. The van der Waals surface area contributed by atoms with Gasteiger partial charge in [0.05, 0.1) is 6.04 Å². The summed E-state index contributed by atoms with van der Waals surface area (Å²) in [5.74, 6) is -1.52. The lowest BCUT2D eigenvalue weighted by Crippen LogP contribution is -2.33. The van der Waals surface area contributed by atoms with E-state index in [1.807, 2.05) is 18.3 Å². The number of pyridine rings is 1. The van der Waals surface area contributed by atoms with E-state index >= 15 is 0 Å². The number of carboxylic acids is 1. The molecule has 1 aromatic carbocycles. The lowest BCUT2D eigenvalue weighted by molar-refractivity contribution is -0.192. The molecule has 8 nitrogen and oxygen atoms in total. The van der Waals surface area contributed by atoms with Gasteiger partial charge in [0.15, 0.2) is 5.69 Å². The average molecular weight is 488 g/mol. The summed E-state index contributed by atoms with van der Waals surface area (Å²) in [6, 6.07) is 14.2. The van der Waals surface area contributed by atoms with E-state index in [4.69, 9.17) is 14.4 Å². The predicted octanol–water partition coefficient (Wildman–Crippen LogP) is 3.71. The third-order valence-electron chi connectivity index (χ3n) is 6.12. The van der Waals surface area contributed by atoms with Gasteiger partial charge in [0, 0.05) is 49.9 Å². The highest BCUT2D eigenvalue weighted by Crippen LogP contribution is 2.49. The Morgan fingerprint density at radius 1 is 1.17 bits per heavy atom. The van der Waals surface area contributed by atoms with Crippen molar-refractivity contribution in [3.63, 3.8) is 0 Å². The van der Waals surface area contributed by atoms with E-state index in [0.717, 1.165) is 19.6 Å². The fraction of sp³-hybridized carbons (Fsp3) is 0.333. The van der Waals surface area contributed by atoms with Crippen molar-refractivity contribution in [2.24, 2.45) is 5.92 Å². The number of hydrogen-bond acceptors (Lipinski definition) is 6. The van der Waals surface area contributed by atoms with Crippen LogP contribution in [-0.2, 0) is 11.3 Å². The van der Waals surface area contributed by atoms with Gasteiger partial charge in [0.2, 0.25) is 0 Å². The predicted molar refractivity (Wildman–Crippen MR) is 117 cm³/mol. The van der Waals surface area contributed by atoms with Crippen LogP contribution in [0.15, 0.2) is 59.4 Å². The number of aliphatic carboxylic acids is 1. The summed E-state index contributed by atoms with van der Waals surface area (Å²) < 4.78 is 36.8. The molecule has 2 aliphatic rings. The molecule has 0 spiro atoms. The number of benzene rings is 1. The molecular formula is C24H23F3N4O4. The smallest absolute Gasteiger partial charge is 0.475 e. The molecule has 11 heteroatoms. The molecule has 0 saturated carbocycles. The average Bonchev–Trinajstić information content (AvgIpc) is 3.50. The van der Waals surface area contributed by atoms with E-state index in [1.165, 1.54) is 16.7 Å². The van der Waals surface area contributed by atoms with Crippen molar-refractivity contribution in [3.05, 3.63) is 83.0 Å². The van der Waals surface area contributed by atoms with E-state index in [2.05, 4.69) is 44.6 Å². The number of aromatic nitrogens is 2. The topological polar surface area (TPSA) is 109 Å². The zero-order valence-corrected chi connectivity index (χ0v) is 18.7. The lowest BCUT2D eigenvalue weighted by atomic mass is 9.94. The first-order valence-corrected chi connectivity index (χ1v) is 10.9. The second-order valence-corrected chi connectivity index (χ2v) is 8.53. The molecule has 35 heavy (non-hydrogen) atoms. The van der Waals surface area contributed by atoms with Crippen LogP contribution in [0.3, 0.4) is 0 Å². The Hall–Kier alpha value is -3.73. The van der Waals surface area contributed by atoms with Crippen molar-refractivity contribution in [1.82, 2.24) is 20.4 Å². The Labute approximate surface area is 198 Å². The molecule has 184 valence electrons. The third-order valence-corrected chi connectivity index (χ3v) is 6.12. The van der Waals surface area contributed by atoms with E-state index in [-0.39, 0.29) is 11.9 Å². The molecule has 0 bridgehead atoms. The van der Waals surface area contributed by atoms with E-state index in [1.54, 1.807) is 19.2 Å². The first-order valence-electron chi connectivity index (χ1n) is 10.9. The summed E-state index contributed by atoms with van der Waals surface area (Å²) >= 11 is 0. The van der Waals surface area contributed by atoms with Crippen LogP contribution in [0.2, 0.25) is 0 Å². The van der Waals surface area contributed by atoms with Gasteiger partial charge in [-0.15, -0.1) is 0 Å². The fourth-order valence-electron chi connectivity index (χ4n) is 4.69. The van der Waals surface area contributed by atoms with Gasteiger partial charge in [-0.2, -0.15) is 13.2 Å². The number of aryl methyl sites for hydroxylation is 1. The molecule has 3 aromatic rings. The highest BCUT2D eigenvalue weighted by Gasteiger charge is 2.46. The van der Waals surface area contributed by atoms with Gasteiger partial charge in [0.25, 0.3) is 5.91 Å². The molecule has 1 aliphatic heterocycles. The normalized spacial score (nSPS) is 21.0. The number of nitrogens with one attached hydrogen (secondary N) is 1. The number of amides is 1. The number of hydrogen-bond donors (Lipinski definition) is 2. The highest BCUT2D eigenvalue weighted by atomic mass is 19.4. The zero-order valence-electron chi connectivity index (χ0n) is 18.7. The Bertz CT molecular complexity index is 1200. The summed E-state index contributed by atoms with van der Waals surface area (Å²) in [7, 11) is 0. The van der Waals surface area contributed by atoms with E-state index in [9.17, 15) is 18.0 Å². The lowest BCUT2D eigenvalue weighted by Gasteiger charge is -2.22. The van der Waals surface area contributed by atoms with Crippen molar-refractivity contribution in [2.75, 3.05) is 13.1 Å². The van der Waals surface area contributed by atoms with Crippen LogP contribution in [0.5, 0.6) is 0 Å². The first-order chi connectivity index (χ1) is 16.6. The number of fused-ring (bicyclic) bond motifs is 3. The van der Waals surface area contributed by atoms with Crippen LogP contribution in [0, 0.1) is 12.8 Å². The maximum Gasteiger partial charge on any atom is 0.490 e. The van der Waals surface area contributed by atoms with Crippen molar-refractivity contribution in [1.29, 1.82) is 0 Å². The van der Waals surface area contributed by atoms with Crippen LogP contribution in [0.25, 0.3) is 0 Å². The molecule has 2 aromatic heterocycles. The van der Waals surface area contributed by atoms with Gasteiger partial charge in [-0.05, 0) is 29.7 Å². The summed E-state index contributed by atoms with van der Waals surface area (Å²) in [6.07, 6.45) is -1.36. The largest absolute Gasteiger partial charge is 0.490 e. The van der Waals surface area contributed by atoms with Crippen LogP contribution in [0.1, 0.15) is 44.9 Å². The van der Waals surface area contributed by atoms with Gasteiger partial charge in [0.1, 0.15) is 5.76 Å². The number of nitrogens with zero attached hydrogens (tertiary/aromatic N) is 3. The Morgan fingerprint density at radius 2 is 1.89 bits per heavy atom. The molecule has 3 atom stereocenters. The van der Waals surface area contributed by atoms with E-state index in [0.29, 0.717) is 23.3 Å². The Morgan fingerprint density at radius 3 is 2.49 bits per heavy atom. The van der Waals surface area contributed by atoms with Gasteiger partial charge in [-0.1, -0.05) is 35.5 Å². The monoisotopic (exact) mass is 488 g/mol. The molecule has 0 radical (unpaired) electrons. The fourth-order valence-corrected chi connectivity index (χ4v) is 4.69. The standard InChI is InChI=1S/C22H22N4O2.C2HF3O2/c1-14-9-20(25-28-14)22(27)24-21-17-7-3-2-6-16(17)18-12-26(13-19(18)21)11-15-5-4-8-23-10-15;3-2(4,5)1(6)7/h2-10,18-19,21H,11-13H2,1H3,(H,24,27);(H,6,7)/t18-,19-,21+;/m0./s1. The number of carbonyl (C=O) groups is 2. The minimum absolute atomic E-state index is 0.00963. The Balaban J connectivity index is 0.000000364. The van der Waals surface area contributed by atoms with Crippen molar-refractivity contribution in [3.8, 4) is 0 Å². The second kappa shape index (κ2) is 9.87. The van der Waals surface area contributed by atoms with Crippen molar-refractivity contribution in [2.45, 2.75) is 31.6 Å². The number of halogens is 3. The number of carbonyl (C=O) groups excluding carboxylic acids is 1. The zero-order chi connectivity index (χ0) is 25.2. The molecule has 5 rings (SSSR count). The molecule has 1 aliphatic carbocycles. The third kappa shape index (κ3) is 5.51. The molecule has 2 N–H and O–H groups in total. The second-order valence-electron chi connectivity index (χ2n) is 8.53. The number of alkyl halides is 3. The van der Waals surface area contributed by atoms with Crippen LogP contribution in [0.4, 0.5) is 13.2 Å². The van der Waals surface area contributed by atoms with Crippen molar-refractivity contribution < 1.29 is 32.4 Å². The van der Waals surface area contributed by atoms with Crippen LogP contribution in [-0.4, -0.2) is 51.3 Å². The summed E-state index contributed by atoms with van der Waals surface area (Å²) in [5, 5.41) is 14.2. The number of carboxylic acid groups (broad SMARTS) is 1. The van der Waals surface area contributed by atoms with Gasteiger partial charge in [-0.25, -0.2) is 4.79 Å². The molecule has 3 heterocycles. The molecular weight excluding hydrogens is 465 g/mol. The quantitative estimate of drug-likeness (QED) is 0.576.